The molecule has 134 valence electrons. The summed E-state index contributed by atoms with van der Waals surface area (Å²) in [6.07, 6.45) is 19.6. The summed E-state index contributed by atoms with van der Waals surface area (Å²) >= 11 is 0. The topological polar surface area (TPSA) is 54.4 Å². The predicted octanol–water partition coefficient (Wildman–Crippen LogP) is 5.33. The number of allylic oxidation sites excluding steroid dienone is 6. The third-order valence-corrected chi connectivity index (χ3v) is 4.56. The lowest BCUT2D eigenvalue weighted by molar-refractivity contribution is -0.137. The van der Waals surface area contributed by atoms with Crippen molar-refractivity contribution in [2.75, 3.05) is 0 Å². The van der Waals surface area contributed by atoms with Crippen molar-refractivity contribution in [1.29, 1.82) is 0 Å². The number of hydrogen-bond acceptors (Lipinski definition) is 2. The first-order valence-electron chi connectivity index (χ1n) is 9.31. The molecule has 0 amide bonds. The van der Waals surface area contributed by atoms with Crippen molar-refractivity contribution in [2.45, 2.75) is 65.2 Å². The van der Waals surface area contributed by atoms with Gasteiger partial charge in [0.1, 0.15) is 0 Å². The van der Waals surface area contributed by atoms with Gasteiger partial charge in [-0.1, -0.05) is 63.5 Å². The summed E-state index contributed by atoms with van der Waals surface area (Å²) in [6, 6.07) is 0. The molecule has 3 heteroatoms. The fourth-order valence-corrected chi connectivity index (χ4v) is 2.99. The number of carbonyl (C=O) groups is 2. The zero-order valence-corrected chi connectivity index (χ0v) is 15.1. The third-order valence-electron chi connectivity index (χ3n) is 4.56. The molecule has 1 rings (SSSR count). The van der Waals surface area contributed by atoms with E-state index >= 15 is 0 Å². The molecule has 0 fully saturated rings. The average molecular weight is 332 g/mol. The lowest BCUT2D eigenvalue weighted by atomic mass is 9.89. The molecule has 0 unspecified atom stereocenters. The highest BCUT2D eigenvalue weighted by molar-refractivity contribution is 5.95. The van der Waals surface area contributed by atoms with Crippen LogP contribution in [0.2, 0.25) is 0 Å². The van der Waals surface area contributed by atoms with Gasteiger partial charge in [-0.15, -0.1) is 0 Å². The van der Waals surface area contributed by atoms with E-state index in [1.165, 1.54) is 25.7 Å². The second-order valence-electron chi connectivity index (χ2n) is 6.80. The molecule has 0 saturated carbocycles. The van der Waals surface area contributed by atoms with Gasteiger partial charge in [0.05, 0.1) is 0 Å². The van der Waals surface area contributed by atoms with Crippen LogP contribution in [-0.2, 0) is 9.59 Å². The van der Waals surface area contributed by atoms with Crippen LogP contribution in [0.4, 0.5) is 0 Å². The molecule has 0 radical (unpaired) electrons. The van der Waals surface area contributed by atoms with E-state index < -0.39 is 5.97 Å². The summed E-state index contributed by atoms with van der Waals surface area (Å²) in [5.41, 5.74) is 0. The maximum atomic E-state index is 12.0. The van der Waals surface area contributed by atoms with Gasteiger partial charge in [-0.05, 0) is 37.7 Å². The van der Waals surface area contributed by atoms with E-state index in [1.807, 2.05) is 18.2 Å². The standard InChI is InChI=1S/C21H32O3/c1-3-4-7-10-17(2)13-14-18-15-16-20(22)19(18)11-8-5-6-9-12-21(23)24/h5,8,13-19H,3-4,6-7,9-12H2,1-2H3,(H,23,24)/b8-5-,14-13+/t17-,18-,19+/m0/s1. The minimum absolute atomic E-state index is 0.0137. The third kappa shape index (κ3) is 8.28. The zero-order valence-electron chi connectivity index (χ0n) is 15.1. The summed E-state index contributed by atoms with van der Waals surface area (Å²) in [6.45, 7) is 4.46. The molecule has 24 heavy (non-hydrogen) atoms. The van der Waals surface area contributed by atoms with Crippen LogP contribution in [0.15, 0.2) is 36.5 Å². The van der Waals surface area contributed by atoms with E-state index in [2.05, 4.69) is 26.0 Å². The second-order valence-corrected chi connectivity index (χ2v) is 6.80. The molecule has 0 saturated heterocycles. The fourth-order valence-electron chi connectivity index (χ4n) is 2.99. The van der Waals surface area contributed by atoms with Crippen LogP contribution in [0.3, 0.4) is 0 Å². The van der Waals surface area contributed by atoms with Gasteiger partial charge in [-0.3, -0.25) is 9.59 Å². The molecule has 0 aromatic carbocycles. The molecule has 1 N–H and O–H groups in total. The number of ketones is 1. The van der Waals surface area contributed by atoms with E-state index in [4.69, 9.17) is 5.11 Å². The Morgan fingerprint density at radius 3 is 2.79 bits per heavy atom. The second kappa shape index (κ2) is 11.8. The highest BCUT2D eigenvalue weighted by atomic mass is 16.4. The summed E-state index contributed by atoms with van der Waals surface area (Å²) in [7, 11) is 0. The summed E-state index contributed by atoms with van der Waals surface area (Å²) in [5.74, 6) is 0.234. The number of unbranched alkanes of at least 4 members (excludes halogenated alkanes) is 3. The Balaban J connectivity index is 2.38. The summed E-state index contributed by atoms with van der Waals surface area (Å²) in [4.78, 5) is 22.5. The Hall–Kier alpha value is -1.64. The van der Waals surface area contributed by atoms with Crippen molar-refractivity contribution in [3.8, 4) is 0 Å². The molecule has 0 aromatic heterocycles. The maximum Gasteiger partial charge on any atom is 0.303 e. The molecule has 0 aromatic rings. The van der Waals surface area contributed by atoms with Crippen molar-refractivity contribution >= 4 is 11.8 Å². The van der Waals surface area contributed by atoms with Crippen LogP contribution >= 0.6 is 0 Å². The predicted molar refractivity (Wildman–Crippen MR) is 98.8 cm³/mol. The Morgan fingerprint density at radius 2 is 2.08 bits per heavy atom. The van der Waals surface area contributed by atoms with Crippen LogP contribution in [0, 0.1) is 17.8 Å². The van der Waals surface area contributed by atoms with Crippen molar-refractivity contribution in [3.05, 3.63) is 36.5 Å². The molecule has 1 aliphatic rings. The van der Waals surface area contributed by atoms with Crippen LogP contribution in [0.25, 0.3) is 0 Å². The summed E-state index contributed by atoms with van der Waals surface area (Å²) in [5, 5.41) is 8.60. The first-order chi connectivity index (χ1) is 11.5. The quantitative estimate of drug-likeness (QED) is 0.388. The number of hydrogen-bond donors (Lipinski definition) is 1. The average Bonchev–Trinajstić information content (AvgIpc) is 2.89. The molecule has 0 heterocycles. The minimum atomic E-state index is -0.753. The highest BCUT2D eigenvalue weighted by Crippen LogP contribution is 2.28. The van der Waals surface area contributed by atoms with Gasteiger partial charge in [0.2, 0.25) is 0 Å². The molecular weight excluding hydrogens is 300 g/mol. The fraction of sp³-hybridized carbons (Fsp3) is 0.619. The largest absolute Gasteiger partial charge is 0.481 e. The Bertz CT molecular complexity index is 473. The molecule has 1 aliphatic carbocycles. The monoisotopic (exact) mass is 332 g/mol. The highest BCUT2D eigenvalue weighted by Gasteiger charge is 2.26. The Morgan fingerprint density at radius 1 is 1.29 bits per heavy atom. The molecule has 3 atom stereocenters. The van der Waals surface area contributed by atoms with Gasteiger partial charge in [0.15, 0.2) is 5.78 Å². The number of carbonyl (C=O) groups excluding carboxylic acids is 1. The van der Waals surface area contributed by atoms with Crippen LogP contribution in [0.1, 0.15) is 65.2 Å². The van der Waals surface area contributed by atoms with Gasteiger partial charge >= 0.3 is 5.97 Å². The van der Waals surface area contributed by atoms with E-state index in [0.717, 1.165) is 12.8 Å². The smallest absolute Gasteiger partial charge is 0.303 e. The Kier molecular flexibility index (Phi) is 10.1. The first kappa shape index (κ1) is 20.4. The van der Waals surface area contributed by atoms with E-state index in [9.17, 15) is 9.59 Å². The van der Waals surface area contributed by atoms with Gasteiger partial charge in [0, 0.05) is 18.3 Å². The van der Waals surface area contributed by atoms with Gasteiger partial charge in [-0.2, -0.15) is 0 Å². The van der Waals surface area contributed by atoms with Crippen molar-refractivity contribution in [1.82, 2.24) is 0 Å². The van der Waals surface area contributed by atoms with Crippen molar-refractivity contribution in [2.24, 2.45) is 17.8 Å². The lowest BCUT2D eigenvalue weighted by Crippen LogP contribution is -2.13. The van der Waals surface area contributed by atoms with E-state index in [-0.39, 0.29) is 24.0 Å². The van der Waals surface area contributed by atoms with E-state index in [1.54, 1.807) is 6.08 Å². The van der Waals surface area contributed by atoms with Gasteiger partial charge in [-0.25, -0.2) is 0 Å². The lowest BCUT2D eigenvalue weighted by Gasteiger charge is -2.14. The zero-order chi connectivity index (χ0) is 17.8. The molecule has 0 spiro atoms. The Labute approximate surface area is 146 Å². The van der Waals surface area contributed by atoms with E-state index in [0.29, 0.717) is 12.3 Å². The van der Waals surface area contributed by atoms with Gasteiger partial charge < -0.3 is 5.11 Å². The maximum absolute atomic E-state index is 12.0. The normalized spacial score (nSPS) is 22.0. The van der Waals surface area contributed by atoms with Crippen molar-refractivity contribution < 1.29 is 14.7 Å². The van der Waals surface area contributed by atoms with Crippen LogP contribution in [0.5, 0.6) is 0 Å². The van der Waals surface area contributed by atoms with Crippen molar-refractivity contribution in [3.63, 3.8) is 0 Å². The molecule has 0 aliphatic heterocycles. The van der Waals surface area contributed by atoms with Crippen LogP contribution in [-0.4, -0.2) is 16.9 Å². The number of rotatable bonds is 12. The summed E-state index contributed by atoms with van der Waals surface area (Å²) < 4.78 is 0. The number of carboxylic acids is 1. The van der Waals surface area contributed by atoms with Gasteiger partial charge in [0.25, 0.3) is 0 Å². The molecule has 0 bridgehead atoms. The molecule has 3 nitrogen and oxygen atoms in total. The minimum Gasteiger partial charge on any atom is -0.481 e. The number of carboxylic acid groups (broad SMARTS) is 1. The van der Waals surface area contributed by atoms with Crippen LogP contribution < -0.4 is 0 Å². The SMILES string of the molecule is CCCCC[C@H](C)/C=C/[C@H]1C=CC(=O)[C@@H]1C/C=C\CCCC(=O)O. The molecular formula is C21H32O3. The first-order valence-corrected chi connectivity index (χ1v) is 9.31. The number of aliphatic carboxylic acids is 1.